The van der Waals surface area contributed by atoms with E-state index in [1.54, 1.807) is 31.2 Å². The molecule has 20 heavy (non-hydrogen) atoms. The van der Waals surface area contributed by atoms with Crippen LogP contribution in [0.1, 0.15) is 11.1 Å². The minimum atomic E-state index is -0.501. The predicted octanol–water partition coefficient (Wildman–Crippen LogP) is 2.69. The summed E-state index contributed by atoms with van der Waals surface area (Å²) in [7, 11) is 1.37. The fraction of sp³-hybridized carbons (Fsp3) is 0.143. The number of aromatic nitrogens is 1. The summed E-state index contributed by atoms with van der Waals surface area (Å²) in [6, 6.07) is 10.8. The molecule has 2 rings (SSSR count). The molecular weight excluding hydrogens is 256 g/mol. The van der Waals surface area contributed by atoms with Crippen LogP contribution in [0.25, 0.3) is 0 Å². The maximum absolute atomic E-state index is 12.0. The summed E-state index contributed by atoms with van der Waals surface area (Å²) in [6.45, 7) is 1.55. The Labute approximate surface area is 115 Å². The fourth-order valence-corrected chi connectivity index (χ4v) is 1.72. The highest BCUT2D eigenvalue weighted by Crippen LogP contribution is 2.25. The van der Waals surface area contributed by atoms with Crippen molar-refractivity contribution < 1.29 is 5.11 Å². The van der Waals surface area contributed by atoms with Crippen molar-refractivity contribution >= 4 is 11.4 Å². The normalized spacial score (nSPS) is 10.7. The van der Waals surface area contributed by atoms with E-state index in [2.05, 4.69) is 10.2 Å². The predicted molar refractivity (Wildman–Crippen MR) is 73.4 cm³/mol. The van der Waals surface area contributed by atoms with Crippen molar-refractivity contribution in [3.63, 3.8) is 0 Å². The van der Waals surface area contributed by atoms with Crippen LogP contribution in [0.2, 0.25) is 0 Å². The molecule has 0 saturated carbocycles. The van der Waals surface area contributed by atoms with Gasteiger partial charge < -0.3 is 5.11 Å². The summed E-state index contributed by atoms with van der Waals surface area (Å²) >= 11 is 0. The molecular formula is C14H12N4O2. The van der Waals surface area contributed by atoms with Gasteiger partial charge in [-0.2, -0.15) is 10.4 Å². The smallest absolute Gasteiger partial charge is 0.281 e. The van der Waals surface area contributed by atoms with Gasteiger partial charge in [-0.25, -0.2) is 0 Å². The van der Waals surface area contributed by atoms with Crippen molar-refractivity contribution in [3.05, 3.63) is 51.8 Å². The molecule has 0 bridgehead atoms. The molecule has 100 valence electrons. The first-order chi connectivity index (χ1) is 9.56. The third-order valence-corrected chi connectivity index (χ3v) is 2.91. The van der Waals surface area contributed by atoms with E-state index in [1.807, 2.05) is 12.1 Å². The second-order valence-corrected chi connectivity index (χ2v) is 4.18. The van der Waals surface area contributed by atoms with Crippen LogP contribution in [0.3, 0.4) is 0 Å². The third-order valence-electron chi connectivity index (χ3n) is 2.91. The van der Waals surface area contributed by atoms with Gasteiger partial charge in [0.05, 0.1) is 5.69 Å². The van der Waals surface area contributed by atoms with Crippen molar-refractivity contribution in [2.24, 2.45) is 17.3 Å². The number of aromatic hydroxyl groups is 1. The fourth-order valence-electron chi connectivity index (χ4n) is 1.72. The second-order valence-electron chi connectivity index (χ2n) is 4.18. The van der Waals surface area contributed by atoms with Crippen LogP contribution in [0, 0.1) is 18.3 Å². The van der Waals surface area contributed by atoms with Gasteiger partial charge in [0.15, 0.2) is 5.69 Å². The molecule has 0 atom stereocenters. The van der Waals surface area contributed by atoms with Gasteiger partial charge in [-0.15, -0.1) is 5.11 Å². The van der Waals surface area contributed by atoms with Crippen LogP contribution in [0.15, 0.2) is 45.4 Å². The second kappa shape index (κ2) is 5.36. The molecule has 1 aromatic heterocycles. The third kappa shape index (κ3) is 2.29. The Hall–Kier alpha value is -2.94. The lowest BCUT2D eigenvalue weighted by atomic mass is 10.1. The van der Waals surface area contributed by atoms with Gasteiger partial charge in [-0.05, 0) is 19.1 Å². The number of hydrogen-bond acceptors (Lipinski definition) is 5. The molecule has 6 heteroatoms. The molecule has 0 fully saturated rings. The molecule has 0 spiro atoms. The van der Waals surface area contributed by atoms with E-state index in [9.17, 15) is 9.90 Å². The van der Waals surface area contributed by atoms with Crippen molar-refractivity contribution in [2.45, 2.75) is 6.92 Å². The van der Waals surface area contributed by atoms with Crippen LogP contribution in [0.5, 0.6) is 5.88 Å². The Morgan fingerprint density at radius 2 is 1.90 bits per heavy atom. The van der Waals surface area contributed by atoms with Gasteiger partial charge >= 0.3 is 0 Å². The first-order valence-corrected chi connectivity index (χ1v) is 5.85. The van der Waals surface area contributed by atoms with E-state index in [0.717, 1.165) is 4.57 Å². The molecule has 0 aliphatic heterocycles. The molecule has 0 amide bonds. The molecule has 0 radical (unpaired) electrons. The van der Waals surface area contributed by atoms with Gasteiger partial charge in [-0.1, -0.05) is 18.2 Å². The molecule has 6 nitrogen and oxygen atoms in total. The molecule has 0 aliphatic carbocycles. The zero-order valence-corrected chi connectivity index (χ0v) is 11.0. The number of rotatable bonds is 2. The number of nitrogens with zero attached hydrogens (tertiary/aromatic N) is 4. The zero-order valence-electron chi connectivity index (χ0n) is 11.0. The van der Waals surface area contributed by atoms with Crippen molar-refractivity contribution in [2.75, 3.05) is 0 Å². The molecule has 0 aliphatic rings. The van der Waals surface area contributed by atoms with Crippen molar-refractivity contribution in [3.8, 4) is 11.9 Å². The number of pyridine rings is 1. The lowest BCUT2D eigenvalue weighted by Gasteiger charge is -2.08. The van der Waals surface area contributed by atoms with Gasteiger partial charge in [0.2, 0.25) is 5.88 Å². The van der Waals surface area contributed by atoms with Crippen LogP contribution in [0.4, 0.5) is 11.4 Å². The summed E-state index contributed by atoms with van der Waals surface area (Å²) in [4.78, 5) is 12.0. The Morgan fingerprint density at radius 1 is 1.25 bits per heavy atom. The molecule has 0 saturated heterocycles. The maximum Gasteiger partial charge on any atom is 0.281 e. The minimum absolute atomic E-state index is 0.0223. The zero-order chi connectivity index (χ0) is 14.7. The van der Waals surface area contributed by atoms with E-state index < -0.39 is 5.56 Å². The highest BCUT2D eigenvalue weighted by Gasteiger charge is 2.16. The average molecular weight is 268 g/mol. The highest BCUT2D eigenvalue weighted by molar-refractivity contribution is 5.56. The molecule has 1 N–H and O–H groups in total. The standard InChI is InChI=1S/C14H12N4O2/c1-9-11(8-15)13(19)18(2)14(20)12(9)17-16-10-6-4-3-5-7-10/h3-7,19H,1-2H3. The Balaban J connectivity index is 2.59. The Kier molecular flexibility index (Phi) is 3.62. The molecule has 2 aromatic rings. The largest absolute Gasteiger partial charge is 0.493 e. The summed E-state index contributed by atoms with van der Waals surface area (Å²) in [5, 5.41) is 26.6. The molecule has 0 unspecified atom stereocenters. The summed E-state index contributed by atoms with van der Waals surface area (Å²) in [5.74, 6) is -0.367. The average Bonchev–Trinajstić information content (AvgIpc) is 2.47. The number of nitriles is 1. The summed E-state index contributed by atoms with van der Waals surface area (Å²) < 4.78 is 0.977. The monoisotopic (exact) mass is 268 g/mol. The SMILES string of the molecule is Cc1c(C#N)c(O)n(C)c(=O)c1N=Nc1ccccc1. The van der Waals surface area contributed by atoms with Crippen LogP contribution < -0.4 is 5.56 Å². The number of benzene rings is 1. The van der Waals surface area contributed by atoms with Crippen LogP contribution in [-0.4, -0.2) is 9.67 Å². The number of hydrogen-bond donors (Lipinski definition) is 1. The van der Waals surface area contributed by atoms with Crippen LogP contribution in [-0.2, 0) is 7.05 Å². The van der Waals surface area contributed by atoms with E-state index in [0.29, 0.717) is 11.3 Å². The topological polar surface area (TPSA) is 90.7 Å². The van der Waals surface area contributed by atoms with E-state index in [-0.39, 0.29) is 17.1 Å². The Morgan fingerprint density at radius 3 is 2.50 bits per heavy atom. The maximum atomic E-state index is 12.0. The minimum Gasteiger partial charge on any atom is -0.493 e. The van der Waals surface area contributed by atoms with E-state index in [4.69, 9.17) is 5.26 Å². The highest BCUT2D eigenvalue weighted by atomic mass is 16.3. The van der Waals surface area contributed by atoms with E-state index >= 15 is 0 Å². The lowest BCUT2D eigenvalue weighted by molar-refractivity contribution is 0.421. The van der Waals surface area contributed by atoms with Crippen molar-refractivity contribution in [1.29, 1.82) is 5.26 Å². The van der Waals surface area contributed by atoms with Gasteiger partial charge in [0, 0.05) is 12.6 Å². The Bertz CT molecular complexity index is 770. The lowest BCUT2D eigenvalue weighted by Crippen LogP contribution is -2.18. The summed E-state index contributed by atoms with van der Waals surface area (Å²) in [6.07, 6.45) is 0. The first kappa shape index (κ1) is 13.5. The quantitative estimate of drug-likeness (QED) is 0.849. The molecule has 1 aromatic carbocycles. The van der Waals surface area contributed by atoms with Crippen LogP contribution >= 0.6 is 0 Å². The summed E-state index contributed by atoms with van der Waals surface area (Å²) in [5.41, 5.74) is 0.479. The van der Waals surface area contributed by atoms with Gasteiger partial charge in [0.1, 0.15) is 11.6 Å². The van der Waals surface area contributed by atoms with Gasteiger partial charge in [-0.3, -0.25) is 9.36 Å². The van der Waals surface area contributed by atoms with E-state index in [1.165, 1.54) is 7.05 Å². The molecule has 1 heterocycles. The van der Waals surface area contributed by atoms with Gasteiger partial charge in [0.25, 0.3) is 5.56 Å². The van der Waals surface area contributed by atoms with Crippen molar-refractivity contribution in [1.82, 2.24) is 4.57 Å². The first-order valence-electron chi connectivity index (χ1n) is 5.85. The number of azo groups is 1.